The Balaban J connectivity index is 1.61. The van der Waals surface area contributed by atoms with Crippen LogP contribution in [0.4, 0.5) is 11.4 Å². The number of carbonyl (C=O) groups excluding carboxylic acids is 2. The molecule has 0 saturated heterocycles. The third-order valence-electron chi connectivity index (χ3n) is 3.39. The lowest BCUT2D eigenvalue weighted by Crippen LogP contribution is -2.16. The van der Waals surface area contributed by atoms with E-state index in [0.29, 0.717) is 27.3 Å². The monoisotopic (exact) mass is 436 g/mol. The number of hydrogen-bond acceptors (Lipinski definition) is 6. The second kappa shape index (κ2) is 9.09. The SMILES string of the molecule is CC(=O)Nc1ccc(Cl)cc1NC(=O)CSc1nnc(-c2ccc(Cl)cc2)o1. The largest absolute Gasteiger partial charge is 0.411 e. The highest BCUT2D eigenvalue weighted by atomic mass is 35.5. The van der Waals surface area contributed by atoms with E-state index >= 15 is 0 Å². The van der Waals surface area contributed by atoms with Crippen molar-refractivity contribution in [3.63, 3.8) is 0 Å². The van der Waals surface area contributed by atoms with E-state index < -0.39 is 0 Å². The Labute approximate surface area is 174 Å². The summed E-state index contributed by atoms with van der Waals surface area (Å²) in [5.41, 5.74) is 1.59. The summed E-state index contributed by atoms with van der Waals surface area (Å²) < 4.78 is 5.55. The minimum absolute atomic E-state index is 0.0360. The van der Waals surface area contributed by atoms with Crippen LogP contribution >= 0.6 is 35.0 Å². The van der Waals surface area contributed by atoms with Gasteiger partial charge in [-0.05, 0) is 42.5 Å². The first kappa shape index (κ1) is 20.2. The van der Waals surface area contributed by atoms with Gasteiger partial charge in [-0.2, -0.15) is 0 Å². The van der Waals surface area contributed by atoms with Gasteiger partial charge >= 0.3 is 0 Å². The van der Waals surface area contributed by atoms with Crippen LogP contribution in [0.25, 0.3) is 11.5 Å². The smallest absolute Gasteiger partial charge is 0.277 e. The Morgan fingerprint density at radius 1 is 1.00 bits per heavy atom. The summed E-state index contributed by atoms with van der Waals surface area (Å²) in [4.78, 5) is 23.5. The zero-order valence-electron chi connectivity index (χ0n) is 14.5. The number of nitrogens with zero attached hydrogens (tertiary/aromatic N) is 2. The van der Waals surface area contributed by atoms with E-state index in [1.165, 1.54) is 6.92 Å². The molecule has 0 bridgehead atoms. The van der Waals surface area contributed by atoms with Gasteiger partial charge < -0.3 is 15.1 Å². The van der Waals surface area contributed by atoms with Crippen LogP contribution in [-0.2, 0) is 9.59 Å². The number of halogens is 2. The topological polar surface area (TPSA) is 97.1 Å². The maximum absolute atomic E-state index is 12.3. The molecule has 0 fully saturated rings. The van der Waals surface area contributed by atoms with Crippen LogP contribution in [-0.4, -0.2) is 27.8 Å². The second-order valence-electron chi connectivity index (χ2n) is 5.59. The lowest BCUT2D eigenvalue weighted by molar-refractivity contribution is -0.115. The fourth-order valence-electron chi connectivity index (χ4n) is 2.21. The molecule has 7 nitrogen and oxygen atoms in total. The Bertz CT molecular complexity index is 1010. The Morgan fingerprint density at radius 3 is 2.43 bits per heavy atom. The molecule has 0 saturated carbocycles. The Kier molecular flexibility index (Phi) is 6.56. The molecule has 3 aromatic rings. The van der Waals surface area contributed by atoms with Gasteiger partial charge in [0.05, 0.1) is 17.1 Å². The summed E-state index contributed by atoms with van der Waals surface area (Å²) in [6, 6.07) is 11.8. The first-order chi connectivity index (χ1) is 13.4. The number of amides is 2. The number of aromatic nitrogens is 2. The predicted molar refractivity (Wildman–Crippen MR) is 110 cm³/mol. The summed E-state index contributed by atoms with van der Waals surface area (Å²) >= 11 is 12.9. The van der Waals surface area contributed by atoms with Crippen LogP contribution in [0.3, 0.4) is 0 Å². The van der Waals surface area contributed by atoms with Crippen LogP contribution in [0.2, 0.25) is 10.0 Å². The Morgan fingerprint density at radius 2 is 1.71 bits per heavy atom. The maximum atomic E-state index is 12.3. The molecular weight excluding hydrogens is 423 g/mol. The number of thioether (sulfide) groups is 1. The number of carbonyl (C=O) groups is 2. The molecule has 1 heterocycles. The van der Waals surface area contributed by atoms with Gasteiger partial charge in [-0.1, -0.05) is 35.0 Å². The summed E-state index contributed by atoms with van der Waals surface area (Å²) in [5.74, 6) is -0.200. The zero-order valence-corrected chi connectivity index (χ0v) is 16.9. The fraction of sp³-hybridized carbons (Fsp3) is 0.111. The number of anilines is 2. The molecule has 2 amide bonds. The van der Waals surface area contributed by atoms with Gasteiger partial charge in [-0.15, -0.1) is 10.2 Å². The van der Waals surface area contributed by atoms with Crippen LogP contribution in [0.1, 0.15) is 6.92 Å². The van der Waals surface area contributed by atoms with E-state index in [9.17, 15) is 9.59 Å². The molecule has 0 unspecified atom stereocenters. The van der Waals surface area contributed by atoms with Crippen molar-refractivity contribution in [1.29, 1.82) is 0 Å². The molecule has 2 aromatic carbocycles. The molecule has 144 valence electrons. The lowest BCUT2D eigenvalue weighted by Gasteiger charge is -2.11. The van der Waals surface area contributed by atoms with Crippen molar-refractivity contribution < 1.29 is 14.0 Å². The van der Waals surface area contributed by atoms with Crippen LogP contribution in [0.5, 0.6) is 0 Å². The van der Waals surface area contributed by atoms with Gasteiger partial charge in [0.1, 0.15) is 0 Å². The van der Waals surface area contributed by atoms with Crippen molar-refractivity contribution in [2.45, 2.75) is 12.1 Å². The predicted octanol–water partition coefficient (Wildman–Crippen LogP) is 4.73. The third-order valence-corrected chi connectivity index (χ3v) is 4.70. The van der Waals surface area contributed by atoms with Gasteiger partial charge in [0.15, 0.2) is 0 Å². The summed E-state index contributed by atoms with van der Waals surface area (Å²) in [7, 11) is 0. The quantitative estimate of drug-likeness (QED) is 0.541. The minimum Gasteiger partial charge on any atom is -0.411 e. The Hall–Kier alpha value is -2.55. The third kappa shape index (κ3) is 5.48. The van der Waals surface area contributed by atoms with Gasteiger partial charge in [0.25, 0.3) is 5.22 Å². The molecule has 10 heteroatoms. The first-order valence-electron chi connectivity index (χ1n) is 8.00. The average molecular weight is 437 g/mol. The van der Waals surface area contributed by atoms with Gasteiger partial charge in [-0.3, -0.25) is 9.59 Å². The number of rotatable bonds is 6. The molecule has 3 rings (SSSR count). The zero-order chi connectivity index (χ0) is 20.1. The van der Waals surface area contributed by atoms with E-state index in [1.54, 1.807) is 42.5 Å². The molecule has 0 aliphatic rings. The molecule has 0 atom stereocenters. The number of nitrogens with one attached hydrogen (secondary N) is 2. The van der Waals surface area contributed by atoms with Crippen molar-refractivity contribution >= 4 is 58.2 Å². The van der Waals surface area contributed by atoms with Gasteiger partial charge in [0, 0.05) is 22.5 Å². The van der Waals surface area contributed by atoms with Crippen LogP contribution in [0, 0.1) is 0 Å². The molecule has 0 radical (unpaired) electrons. The molecule has 0 spiro atoms. The number of benzene rings is 2. The van der Waals surface area contributed by atoms with Crippen LogP contribution in [0.15, 0.2) is 52.1 Å². The van der Waals surface area contributed by atoms with Crippen LogP contribution < -0.4 is 10.6 Å². The van der Waals surface area contributed by atoms with E-state index in [4.69, 9.17) is 27.6 Å². The molecular formula is C18H14Cl2N4O3S. The maximum Gasteiger partial charge on any atom is 0.277 e. The first-order valence-corrected chi connectivity index (χ1v) is 9.74. The summed E-state index contributed by atoms with van der Waals surface area (Å²) in [5, 5.41) is 14.5. The highest BCUT2D eigenvalue weighted by Gasteiger charge is 2.13. The van der Waals surface area contributed by atoms with Crippen molar-refractivity contribution in [3.05, 3.63) is 52.5 Å². The molecule has 0 aliphatic heterocycles. The lowest BCUT2D eigenvalue weighted by atomic mass is 10.2. The molecule has 0 aliphatic carbocycles. The van der Waals surface area contributed by atoms with Gasteiger partial charge in [0.2, 0.25) is 17.7 Å². The molecule has 1 aromatic heterocycles. The molecule has 28 heavy (non-hydrogen) atoms. The highest BCUT2D eigenvalue weighted by Crippen LogP contribution is 2.27. The normalized spacial score (nSPS) is 10.5. The van der Waals surface area contributed by atoms with Crippen molar-refractivity contribution in [3.8, 4) is 11.5 Å². The van der Waals surface area contributed by atoms with E-state index in [1.807, 2.05) is 0 Å². The average Bonchev–Trinajstić information content (AvgIpc) is 3.12. The summed E-state index contributed by atoms with van der Waals surface area (Å²) in [6.45, 7) is 1.38. The van der Waals surface area contributed by atoms with E-state index in [2.05, 4.69) is 20.8 Å². The second-order valence-corrected chi connectivity index (χ2v) is 7.39. The van der Waals surface area contributed by atoms with Gasteiger partial charge in [-0.25, -0.2) is 0 Å². The minimum atomic E-state index is -0.315. The highest BCUT2D eigenvalue weighted by molar-refractivity contribution is 7.99. The van der Waals surface area contributed by atoms with E-state index in [0.717, 1.165) is 17.3 Å². The van der Waals surface area contributed by atoms with Crippen molar-refractivity contribution in [1.82, 2.24) is 10.2 Å². The van der Waals surface area contributed by atoms with E-state index in [-0.39, 0.29) is 22.8 Å². The van der Waals surface area contributed by atoms with Crippen molar-refractivity contribution in [2.24, 2.45) is 0 Å². The van der Waals surface area contributed by atoms with Crippen molar-refractivity contribution in [2.75, 3.05) is 16.4 Å². The fourth-order valence-corrected chi connectivity index (χ4v) is 3.07. The summed E-state index contributed by atoms with van der Waals surface area (Å²) in [6.07, 6.45) is 0. The number of hydrogen-bond donors (Lipinski definition) is 2. The standard InChI is InChI=1S/C18H14Cl2N4O3S/c1-10(25)21-14-7-6-13(20)8-15(14)22-16(26)9-28-18-24-23-17(27-18)11-2-4-12(19)5-3-11/h2-8H,9H2,1H3,(H,21,25)(H,22,26). The molecule has 2 N–H and O–H groups in total.